The molecule has 150 valence electrons. The molecule has 1 heterocycles. The molecule has 2 aromatic rings. The summed E-state index contributed by atoms with van der Waals surface area (Å²) < 4.78 is 11.2. The molecule has 1 aliphatic rings. The van der Waals surface area contributed by atoms with Gasteiger partial charge in [0.2, 0.25) is 0 Å². The molecule has 0 atom stereocenters. The Morgan fingerprint density at radius 3 is 2.32 bits per heavy atom. The van der Waals surface area contributed by atoms with Crippen LogP contribution >= 0.6 is 11.6 Å². The van der Waals surface area contributed by atoms with Crippen LogP contribution in [0.2, 0.25) is 5.02 Å². The number of halogens is 1. The molecular weight excluding hydrogens is 376 g/mol. The van der Waals surface area contributed by atoms with E-state index in [0.29, 0.717) is 17.3 Å². The van der Waals surface area contributed by atoms with Gasteiger partial charge < -0.3 is 14.8 Å². The topological polar surface area (TPSA) is 50.8 Å². The fourth-order valence-electron chi connectivity index (χ4n) is 3.02. The van der Waals surface area contributed by atoms with Gasteiger partial charge in [0.1, 0.15) is 5.75 Å². The zero-order chi connectivity index (χ0) is 20.0. The maximum atomic E-state index is 12.6. The second-order valence-corrected chi connectivity index (χ2v) is 7.89. The molecule has 1 amide bonds. The highest BCUT2D eigenvalue weighted by Gasteiger charge is 2.29. The van der Waals surface area contributed by atoms with Gasteiger partial charge in [0.05, 0.1) is 13.2 Å². The molecule has 1 saturated heterocycles. The van der Waals surface area contributed by atoms with Gasteiger partial charge in [-0.2, -0.15) is 0 Å². The van der Waals surface area contributed by atoms with Crippen LogP contribution in [0.4, 0.5) is 0 Å². The summed E-state index contributed by atoms with van der Waals surface area (Å²) in [4.78, 5) is 14.9. The number of carbonyl (C=O) groups excluding carboxylic acids is 1. The molecule has 2 aromatic carbocycles. The van der Waals surface area contributed by atoms with E-state index in [1.165, 1.54) is 5.56 Å². The zero-order valence-corrected chi connectivity index (χ0v) is 17.2. The van der Waals surface area contributed by atoms with E-state index in [9.17, 15) is 4.79 Å². The molecular formula is C22H27ClN2O3. The van der Waals surface area contributed by atoms with Gasteiger partial charge in [-0.25, -0.2) is 0 Å². The molecule has 0 unspecified atom stereocenters. The Morgan fingerprint density at radius 1 is 1.07 bits per heavy atom. The number of carbonyl (C=O) groups is 1. The van der Waals surface area contributed by atoms with Crippen molar-refractivity contribution in [2.75, 3.05) is 26.3 Å². The first-order chi connectivity index (χ1) is 13.4. The van der Waals surface area contributed by atoms with Gasteiger partial charge in [-0.3, -0.25) is 9.69 Å². The van der Waals surface area contributed by atoms with Crippen molar-refractivity contribution < 1.29 is 14.3 Å². The van der Waals surface area contributed by atoms with E-state index < -0.39 is 5.60 Å². The van der Waals surface area contributed by atoms with Gasteiger partial charge in [0.15, 0.2) is 5.60 Å². The summed E-state index contributed by atoms with van der Waals surface area (Å²) in [5.41, 5.74) is 1.34. The number of hydrogen-bond donors (Lipinski definition) is 1. The Hall–Kier alpha value is -2.08. The predicted molar refractivity (Wildman–Crippen MR) is 111 cm³/mol. The molecule has 0 bridgehead atoms. The number of nitrogens with one attached hydrogen (secondary N) is 1. The van der Waals surface area contributed by atoms with Crippen molar-refractivity contribution in [1.29, 1.82) is 0 Å². The lowest BCUT2D eigenvalue weighted by atomic mass is 10.1. The van der Waals surface area contributed by atoms with E-state index in [0.717, 1.165) is 38.4 Å². The van der Waals surface area contributed by atoms with Crippen molar-refractivity contribution in [3.05, 3.63) is 64.7 Å². The van der Waals surface area contributed by atoms with E-state index >= 15 is 0 Å². The van der Waals surface area contributed by atoms with Crippen LogP contribution in [0.3, 0.4) is 0 Å². The van der Waals surface area contributed by atoms with Gasteiger partial charge in [-0.05, 0) is 49.2 Å². The summed E-state index contributed by atoms with van der Waals surface area (Å²) in [5.74, 6) is 0.442. The van der Waals surface area contributed by atoms with Crippen LogP contribution in [0.25, 0.3) is 0 Å². The molecule has 6 heteroatoms. The lowest BCUT2D eigenvalue weighted by Crippen LogP contribution is -2.46. The molecule has 3 rings (SSSR count). The molecule has 28 heavy (non-hydrogen) atoms. The average molecular weight is 403 g/mol. The van der Waals surface area contributed by atoms with E-state index in [-0.39, 0.29) is 5.91 Å². The summed E-state index contributed by atoms with van der Waals surface area (Å²) in [5, 5.41) is 3.59. The molecule has 1 aliphatic heterocycles. The molecule has 0 aliphatic carbocycles. The Morgan fingerprint density at radius 2 is 1.68 bits per heavy atom. The summed E-state index contributed by atoms with van der Waals surface area (Å²) in [6, 6.07) is 15.3. The van der Waals surface area contributed by atoms with Crippen LogP contribution in [-0.4, -0.2) is 42.7 Å². The monoisotopic (exact) mass is 402 g/mol. The third kappa shape index (κ3) is 5.96. The Bertz CT molecular complexity index is 769. The first-order valence-corrected chi connectivity index (χ1v) is 9.91. The Kier molecular flexibility index (Phi) is 6.94. The molecule has 1 fully saturated rings. The van der Waals surface area contributed by atoms with Gasteiger partial charge in [-0.1, -0.05) is 35.9 Å². The number of hydrogen-bond acceptors (Lipinski definition) is 4. The SMILES string of the molecule is CC(C)(Oc1ccc(Cl)cc1)C(=O)NCc1ccc(CN2CCOCC2)cc1. The fraction of sp³-hybridized carbons (Fsp3) is 0.409. The summed E-state index contributed by atoms with van der Waals surface area (Å²) in [6.45, 7) is 8.45. The predicted octanol–water partition coefficient (Wildman–Crippen LogP) is 3.65. The smallest absolute Gasteiger partial charge is 0.263 e. The van der Waals surface area contributed by atoms with Crippen LogP contribution in [0.15, 0.2) is 48.5 Å². The van der Waals surface area contributed by atoms with Crippen molar-refractivity contribution in [3.63, 3.8) is 0 Å². The van der Waals surface area contributed by atoms with Gasteiger partial charge in [-0.15, -0.1) is 0 Å². The molecule has 0 aromatic heterocycles. The molecule has 1 N–H and O–H groups in total. The van der Waals surface area contributed by atoms with Crippen LogP contribution in [0, 0.1) is 0 Å². The maximum absolute atomic E-state index is 12.6. The number of rotatable bonds is 7. The summed E-state index contributed by atoms with van der Waals surface area (Å²) in [7, 11) is 0. The maximum Gasteiger partial charge on any atom is 0.263 e. The first kappa shape index (κ1) is 20.6. The highest BCUT2D eigenvalue weighted by atomic mass is 35.5. The fourth-order valence-corrected chi connectivity index (χ4v) is 3.14. The van der Waals surface area contributed by atoms with Gasteiger partial charge in [0.25, 0.3) is 5.91 Å². The van der Waals surface area contributed by atoms with Crippen molar-refractivity contribution in [1.82, 2.24) is 10.2 Å². The third-order valence-electron chi connectivity index (χ3n) is 4.72. The molecule has 0 saturated carbocycles. The van der Waals surface area contributed by atoms with Crippen LogP contribution in [0.1, 0.15) is 25.0 Å². The Labute approximate surface area is 171 Å². The van der Waals surface area contributed by atoms with E-state index in [1.807, 2.05) is 0 Å². The van der Waals surface area contributed by atoms with Crippen molar-refractivity contribution in [2.24, 2.45) is 0 Å². The second-order valence-electron chi connectivity index (χ2n) is 7.45. The van der Waals surface area contributed by atoms with Gasteiger partial charge >= 0.3 is 0 Å². The average Bonchev–Trinajstić information content (AvgIpc) is 2.69. The number of morpholine rings is 1. The van der Waals surface area contributed by atoms with Crippen molar-refractivity contribution >= 4 is 17.5 Å². The number of ether oxygens (including phenoxy) is 2. The molecule has 0 spiro atoms. The third-order valence-corrected chi connectivity index (χ3v) is 4.97. The minimum Gasteiger partial charge on any atom is -0.478 e. The van der Waals surface area contributed by atoms with Crippen LogP contribution in [0.5, 0.6) is 5.75 Å². The van der Waals surface area contributed by atoms with Crippen molar-refractivity contribution in [2.45, 2.75) is 32.5 Å². The standard InChI is InChI=1S/C22H27ClN2O3/c1-22(2,28-20-9-7-19(23)8-10-20)21(26)24-15-17-3-5-18(6-4-17)16-25-11-13-27-14-12-25/h3-10H,11-16H2,1-2H3,(H,24,26). The molecule has 5 nitrogen and oxygen atoms in total. The lowest BCUT2D eigenvalue weighted by Gasteiger charge is -2.26. The van der Waals surface area contributed by atoms with E-state index in [2.05, 4.69) is 34.5 Å². The minimum absolute atomic E-state index is 0.167. The summed E-state index contributed by atoms with van der Waals surface area (Å²) >= 11 is 5.89. The number of amides is 1. The minimum atomic E-state index is -0.982. The number of nitrogens with zero attached hydrogens (tertiary/aromatic N) is 1. The van der Waals surface area contributed by atoms with E-state index in [1.54, 1.807) is 38.1 Å². The van der Waals surface area contributed by atoms with Crippen LogP contribution in [-0.2, 0) is 22.6 Å². The van der Waals surface area contributed by atoms with E-state index in [4.69, 9.17) is 21.1 Å². The lowest BCUT2D eigenvalue weighted by molar-refractivity contribution is -0.134. The first-order valence-electron chi connectivity index (χ1n) is 9.53. The number of benzene rings is 2. The highest BCUT2D eigenvalue weighted by molar-refractivity contribution is 6.30. The van der Waals surface area contributed by atoms with Crippen LogP contribution < -0.4 is 10.1 Å². The summed E-state index contributed by atoms with van der Waals surface area (Å²) in [6.07, 6.45) is 0. The Balaban J connectivity index is 1.49. The largest absolute Gasteiger partial charge is 0.478 e. The molecule has 0 radical (unpaired) electrons. The van der Waals surface area contributed by atoms with Gasteiger partial charge in [0, 0.05) is 31.2 Å². The zero-order valence-electron chi connectivity index (χ0n) is 16.4. The van der Waals surface area contributed by atoms with Crippen molar-refractivity contribution in [3.8, 4) is 5.75 Å². The highest BCUT2D eigenvalue weighted by Crippen LogP contribution is 2.21. The normalized spacial score (nSPS) is 15.2. The quantitative estimate of drug-likeness (QED) is 0.768. The second kappa shape index (κ2) is 9.41.